The molecule has 1 fully saturated rings. The van der Waals surface area contributed by atoms with Gasteiger partial charge >= 0.3 is 5.97 Å². The zero-order valence-electron chi connectivity index (χ0n) is 16.7. The Hall–Kier alpha value is -3.09. The minimum atomic E-state index is -0.232. The molecule has 154 valence electrons. The summed E-state index contributed by atoms with van der Waals surface area (Å²) in [4.78, 5) is 12.4. The van der Waals surface area contributed by atoms with E-state index in [2.05, 4.69) is 0 Å². The molecule has 0 aromatic heterocycles. The van der Waals surface area contributed by atoms with Crippen LogP contribution in [-0.4, -0.2) is 40.7 Å². The van der Waals surface area contributed by atoms with Crippen LogP contribution in [-0.2, 0) is 22.4 Å². The summed E-state index contributed by atoms with van der Waals surface area (Å²) in [5.41, 5.74) is 2.02. The monoisotopic (exact) mass is 400 g/mol. The van der Waals surface area contributed by atoms with Crippen molar-refractivity contribution in [2.24, 2.45) is 11.8 Å². The Morgan fingerprint density at radius 3 is 2.38 bits per heavy atom. The molecule has 29 heavy (non-hydrogen) atoms. The fourth-order valence-corrected chi connectivity index (χ4v) is 3.92. The average molecular weight is 400 g/mol. The quantitative estimate of drug-likeness (QED) is 0.662. The predicted molar refractivity (Wildman–Crippen MR) is 104 cm³/mol. The van der Waals surface area contributed by atoms with Crippen LogP contribution in [0.5, 0.6) is 28.7 Å². The Morgan fingerprint density at radius 2 is 1.62 bits per heavy atom. The van der Waals surface area contributed by atoms with Crippen LogP contribution in [0.15, 0.2) is 30.3 Å². The van der Waals surface area contributed by atoms with Gasteiger partial charge in [-0.05, 0) is 48.2 Å². The number of methoxy groups -OCH3 is 3. The van der Waals surface area contributed by atoms with E-state index in [-0.39, 0.29) is 24.6 Å². The average Bonchev–Trinajstić information content (AvgIpc) is 3.35. The molecule has 2 aliphatic heterocycles. The largest absolute Gasteiger partial charge is 0.493 e. The molecule has 4 rings (SSSR count). The number of esters is 1. The Labute approximate surface area is 169 Å². The number of carbonyl (C=O) groups excluding carboxylic acids is 1. The summed E-state index contributed by atoms with van der Waals surface area (Å²) in [5.74, 6) is 2.89. The summed E-state index contributed by atoms with van der Waals surface area (Å²) < 4.78 is 32.4. The highest BCUT2D eigenvalue weighted by atomic mass is 16.7. The van der Waals surface area contributed by atoms with Crippen LogP contribution in [0.2, 0.25) is 0 Å². The minimum Gasteiger partial charge on any atom is -0.493 e. The van der Waals surface area contributed by atoms with Crippen LogP contribution >= 0.6 is 0 Å². The third kappa shape index (κ3) is 3.77. The third-order valence-corrected chi connectivity index (χ3v) is 5.43. The van der Waals surface area contributed by atoms with Crippen molar-refractivity contribution < 1.29 is 33.2 Å². The van der Waals surface area contributed by atoms with E-state index in [1.165, 1.54) is 0 Å². The van der Waals surface area contributed by atoms with Gasteiger partial charge in [0.2, 0.25) is 12.5 Å². The summed E-state index contributed by atoms with van der Waals surface area (Å²) in [6.07, 6.45) is 1.25. The lowest BCUT2D eigenvalue weighted by Crippen LogP contribution is -2.20. The number of carbonyl (C=O) groups is 1. The predicted octanol–water partition coefficient (Wildman–Crippen LogP) is 3.02. The van der Waals surface area contributed by atoms with Crippen molar-refractivity contribution >= 4 is 5.97 Å². The summed E-state index contributed by atoms with van der Waals surface area (Å²) in [6.45, 7) is 0.579. The normalized spacial score (nSPS) is 19.8. The van der Waals surface area contributed by atoms with Crippen molar-refractivity contribution in [2.45, 2.75) is 12.8 Å². The molecule has 2 aromatic rings. The maximum absolute atomic E-state index is 12.4. The molecule has 1 saturated heterocycles. The van der Waals surface area contributed by atoms with E-state index < -0.39 is 0 Å². The molecule has 0 amide bonds. The van der Waals surface area contributed by atoms with Crippen LogP contribution in [0.1, 0.15) is 11.1 Å². The van der Waals surface area contributed by atoms with E-state index in [4.69, 9.17) is 28.4 Å². The van der Waals surface area contributed by atoms with Crippen molar-refractivity contribution in [3.63, 3.8) is 0 Å². The first-order valence-electron chi connectivity index (χ1n) is 9.47. The molecule has 2 atom stereocenters. The van der Waals surface area contributed by atoms with Gasteiger partial charge in [-0.2, -0.15) is 0 Å². The first-order chi connectivity index (χ1) is 14.1. The van der Waals surface area contributed by atoms with E-state index >= 15 is 0 Å². The standard InChI is InChI=1S/C22H24O7/c1-24-17-5-4-13(8-18(17)25-2)7-16-15(11-27-22(16)23)6-14-9-19(26-3)21-20(10-14)28-12-29-21/h4-5,8-10,15-16H,6-7,11-12H2,1-3H3/t15-,16-/m0/s1. The Bertz CT molecular complexity index is 908. The smallest absolute Gasteiger partial charge is 0.309 e. The van der Waals surface area contributed by atoms with E-state index in [9.17, 15) is 4.79 Å². The Morgan fingerprint density at radius 1 is 0.862 bits per heavy atom. The summed E-state index contributed by atoms with van der Waals surface area (Å²) in [7, 11) is 4.80. The van der Waals surface area contributed by atoms with E-state index in [1.807, 2.05) is 30.3 Å². The second-order valence-electron chi connectivity index (χ2n) is 7.13. The van der Waals surface area contributed by atoms with E-state index in [0.717, 1.165) is 11.1 Å². The molecule has 0 unspecified atom stereocenters. The van der Waals surface area contributed by atoms with Gasteiger partial charge in [0.25, 0.3) is 0 Å². The van der Waals surface area contributed by atoms with Gasteiger partial charge in [0.1, 0.15) is 0 Å². The lowest BCUT2D eigenvalue weighted by Gasteiger charge is -2.17. The number of cyclic esters (lactones) is 1. The summed E-state index contributed by atoms with van der Waals surface area (Å²) in [5, 5.41) is 0. The van der Waals surface area contributed by atoms with Gasteiger partial charge in [0.05, 0.1) is 33.9 Å². The van der Waals surface area contributed by atoms with Crippen molar-refractivity contribution in [3.05, 3.63) is 41.5 Å². The molecule has 0 saturated carbocycles. The maximum atomic E-state index is 12.4. The van der Waals surface area contributed by atoms with Gasteiger partial charge < -0.3 is 28.4 Å². The van der Waals surface area contributed by atoms with Crippen molar-refractivity contribution in [3.8, 4) is 28.7 Å². The highest BCUT2D eigenvalue weighted by Gasteiger charge is 2.37. The zero-order chi connectivity index (χ0) is 20.4. The van der Waals surface area contributed by atoms with Crippen molar-refractivity contribution in [2.75, 3.05) is 34.7 Å². The van der Waals surface area contributed by atoms with Gasteiger partial charge in [0.15, 0.2) is 23.0 Å². The Balaban J connectivity index is 1.53. The number of ether oxygens (including phenoxy) is 6. The van der Waals surface area contributed by atoms with E-state index in [0.29, 0.717) is 48.2 Å². The molecule has 2 heterocycles. The van der Waals surface area contributed by atoms with Gasteiger partial charge in [-0.15, -0.1) is 0 Å². The fourth-order valence-electron chi connectivity index (χ4n) is 3.92. The fraction of sp³-hybridized carbons (Fsp3) is 0.409. The molecular formula is C22H24O7. The highest BCUT2D eigenvalue weighted by molar-refractivity contribution is 5.75. The van der Waals surface area contributed by atoms with Crippen LogP contribution in [0.4, 0.5) is 0 Å². The molecule has 0 bridgehead atoms. The number of benzene rings is 2. The minimum absolute atomic E-state index is 0.0562. The maximum Gasteiger partial charge on any atom is 0.309 e. The molecule has 0 radical (unpaired) electrons. The van der Waals surface area contributed by atoms with Gasteiger partial charge in [-0.25, -0.2) is 0 Å². The van der Waals surface area contributed by atoms with Crippen LogP contribution in [0.3, 0.4) is 0 Å². The van der Waals surface area contributed by atoms with Crippen molar-refractivity contribution in [1.29, 1.82) is 0 Å². The van der Waals surface area contributed by atoms with Crippen molar-refractivity contribution in [1.82, 2.24) is 0 Å². The molecule has 2 aliphatic rings. The number of rotatable bonds is 7. The number of hydrogen-bond donors (Lipinski definition) is 0. The van der Waals surface area contributed by atoms with E-state index in [1.54, 1.807) is 21.3 Å². The van der Waals surface area contributed by atoms with Gasteiger partial charge in [-0.1, -0.05) is 6.07 Å². The summed E-state index contributed by atoms with van der Waals surface area (Å²) in [6, 6.07) is 9.59. The topological polar surface area (TPSA) is 72.5 Å². The van der Waals surface area contributed by atoms with Crippen LogP contribution in [0.25, 0.3) is 0 Å². The Kier molecular flexibility index (Phi) is 5.38. The molecule has 0 aliphatic carbocycles. The molecule has 0 spiro atoms. The molecular weight excluding hydrogens is 376 g/mol. The number of fused-ring (bicyclic) bond motifs is 1. The van der Waals surface area contributed by atoms with Crippen LogP contribution < -0.4 is 23.7 Å². The highest BCUT2D eigenvalue weighted by Crippen LogP contribution is 2.43. The van der Waals surface area contributed by atoms with Gasteiger partial charge in [-0.3, -0.25) is 4.79 Å². The zero-order valence-corrected chi connectivity index (χ0v) is 16.7. The lowest BCUT2D eigenvalue weighted by atomic mass is 9.85. The molecule has 0 N–H and O–H groups in total. The van der Waals surface area contributed by atoms with Crippen LogP contribution in [0, 0.1) is 11.8 Å². The SMILES string of the molecule is COc1ccc(C[C@@H]2C(=O)OC[C@@H]2Cc2cc(OC)c3c(c2)OCO3)cc1OC. The second-order valence-corrected chi connectivity index (χ2v) is 7.13. The van der Waals surface area contributed by atoms with Gasteiger partial charge in [0, 0.05) is 5.92 Å². The lowest BCUT2D eigenvalue weighted by molar-refractivity contribution is -0.141. The first kappa shape index (κ1) is 19.2. The number of hydrogen-bond acceptors (Lipinski definition) is 7. The molecule has 2 aromatic carbocycles. The summed E-state index contributed by atoms with van der Waals surface area (Å²) >= 11 is 0. The second kappa shape index (κ2) is 8.11. The molecule has 7 nitrogen and oxygen atoms in total. The molecule has 7 heteroatoms. The third-order valence-electron chi connectivity index (χ3n) is 5.43. The first-order valence-corrected chi connectivity index (χ1v) is 9.47.